The first kappa shape index (κ1) is 20.2. The SMILES string of the molecule is CC(C)(C)OC(=O)[C@H](Cc1ccccc1)NC(=O)/C=C/c1ccc(O)cc1. The summed E-state index contributed by atoms with van der Waals surface area (Å²) in [4.78, 5) is 24.8. The van der Waals surface area contributed by atoms with Gasteiger partial charge in [0.1, 0.15) is 17.4 Å². The van der Waals surface area contributed by atoms with E-state index >= 15 is 0 Å². The molecular weight excluding hydrogens is 342 g/mol. The number of nitrogens with one attached hydrogen (secondary N) is 1. The zero-order valence-electron chi connectivity index (χ0n) is 15.8. The van der Waals surface area contributed by atoms with Crippen molar-refractivity contribution >= 4 is 18.0 Å². The number of benzene rings is 2. The van der Waals surface area contributed by atoms with E-state index in [1.54, 1.807) is 39.0 Å². The van der Waals surface area contributed by atoms with Gasteiger partial charge in [0.25, 0.3) is 0 Å². The second-order valence-corrected chi connectivity index (χ2v) is 7.21. The summed E-state index contributed by atoms with van der Waals surface area (Å²) in [5.41, 5.74) is 1.05. The summed E-state index contributed by atoms with van der Waals surface area (Å²) in [5.74, 6) is -0.711. The molecule has 1 amide bonds. The fraction of sp³-hybridized carbons (Fsp3) is 0.273. The zero-order valence-corrected chi connectivity index (χ0v) is 15.8. The van der Waals surface area contributed by atoms with Crippen LogP contribution in [0.2, 0.25) is 0 Å². The molecule has 0 saturated heterocycles. The van der Waals surface area contributed by atoms with E-state index in [0.29, 0.717) is 6.42 Å². The molecule has 0 radical (unpaired) electrons. The van der Waals surface area contributed by atoms with E-state index in [0.717, 1.165) is 11.1 Å². The number of phenolic OH excluding ortho intramolecular Hbond substituents is 1. The molecule has 0 heterocycles. The molecule has 0 spiro atoms. The van der Waals surface area contributed by atoms with Gasteiger partial charge >= 0.3 is 5.97 Å². The summed E-state index contributed by atoms with van der Waals surface area (Å²) < 4.78 is 5.44. The maximum atomic E-state index is 12.5. The molecule has 0 fully saturated rings. The molecule has 0 aromatic heterocycles. The predicted molar refractivity (Wildman–Crippen MR) is 105 cm³/mol. The number of hydrogen-bond donors (Lipinski definition) is 2. The highest BCUT2D eigenvalue weighted by Gasteiger charge is 2.26. The van der Waals surface area contributed by atoms with Crippen LogP contribution in [0.3, 0.4) is 0 Å². The minimum atomic E-state index is -0.788. The molecule has 2 N–H and O–H groups in total. The number of amides is 1. The summed E-state index contributed by atoms with van der Waals surface area (Å²) in [7, 11) is 0. The molecule has 0 aliphatic heterocycles. The first-order chi connectivity index (χ1) is 12.7. The van der Waals surface area contributed by atoms with Crippen molar-refractivity contribution in [3.05, 3.63) is 71.8 Å². The Morgan fingerprint density at radius 3 is 2.30 bits per heavy atom. The van der Waals surface area contributed by atoms with Gasteiger partial charge in [0.05, 0.1) is 0 Å². The van der Waals surface area contributed by atoms with Gasteiger partial charge in [-0.15, -0.1) is 0 Å². The van der Waals surface area contributed by atoms with Gasteiger partial charge in [0.2, 0.25) is 5.91 Å². The van der Waals surface area contributed by atoms with E-state index in [1.807, 2.05) is 30.3 Å². The Morgan fingerprint density at radius 1 is 1.07 bits per heavy atom. The van der Waals surface area contributed by atoms with Crippen LogP contribution in [0.1, 0.15) is 31.9 Å². The smallest absolute Gasteiger partial charge is 0.329 e. The average Bonchev–Trinajstić information content (AvgIpc) is 2.60. The molecule has 5 nitrogen and oxygen atoms in total. The maximum Gasteiger partial charge on any atom is 0.329 e. The lowest BCUT2D eigenvalue weighted by atomic mass is 10.1. The van der Waals surface area contributed by atoms with E-state index in [-0.39, 0.29) is 5.75 Å². The monoisotopic (exact) mass is 367 g/mol. The Kier molecular flexibility index (Phi) is 6.77. The van der Waals surface area contributed by atoms with Crippen molar-refractivity contribution in [1.29, 1.82) is 0 Å². The second-order valence-electron chi connectivity index (χ2n) is 7.21. The Balaban J connectivity index is 2.08. The number of phenols is 1. The van der Waals surface area contributed by atoms with E-state index < -0.39 is 23.5 Å². The van der Waals surface area contributed by atoms with E-state index in [4.69, 9.17) is 4.74 Å². The lowest BCUT2D eigenvalue weighted by Crippen LogP contribution is -2.45. The fourth-order valence-corrected chi connectivity index (χ4v) is 2.39. The van der Waals surface area contributed by atoms with Gasteiger partial charge in [-0.25, -0.2) is 4.79 Å². The van der Waals surface area contributed by atoms with Gasteiger partial charge in [-0.1, -0.05) is 42.5 Å². The number of ether oxygens (including phenoxy) is 1. The number of carbonyl (C=O) groups is 2. The molecule has 2 aromatic rings. The second kappa shape index (κ2) is 9.03. The van der Waals surface area contributed by atoms with E-state index in [2.05, 4.69) is 5.32 Å². The fourth-order valence-electron chi connectivity index (χ4n) is 2.39. The maximum absolute atomic E-state index is 12.5. The third-order valence-electron chi connectivity index (χ3n) is 3.61. The molecule has 5 heteroatoms. The highest BCUT2D eigenvalue weighted by atomic mass is 16.6. The normalized spacial score (nSPS) is 12.6. The Labute approximate surface area is 159 Å². The van der Waals surface area contributed by atoms with Crippen LogP contribution in [0.15, 0.2) is 60.7 Å². The van der Waals surface area contributed by atoms with Crippen LogP contribution in [0, 0.1) is 0 Å². The molecular formula is C22H25NO4. The van der Waals surface area contributed by atoms with Gasteiger partial charge in [-0.05, 0) is 50.1 Å². The number of hydrogen-bond acceptors (Lipinski definition) is 4. The van der Waals surface area contributed by atoms with E-state index in [9.17, 15) is 14.7 Å². The van der Waals surface area contributed by atoms with Crippen molar-refractivity contribution in [2.75, 3.05) is 0 Å². The summed E-state index contributed by atoms with van der Waals surface area (Å²) in [5, 5.41) is 12.0. The molecule has 0 unspecified atom stereocenters. The lowest BCUT2D eigenvalue weighted by Gasteiger charge is -2.24. The van der Waals surface area contributed by atoms with Crippen LogP contribution < -0.4 is 5.32 Å². The van der Waals surface area contributed by atoms with Crippen molar-refractivity contribution in [2.24, 2.45) is 0 Å². The largest absolute Gasteiger partial charge is 0.508 e. The molecule has 0 aliphatic rings. The number of esters is 1. The number of rotatable bonds is 6. The van der Waals surface area contributed by atoms with Gasteiger partial charge in [-0.2, -0.15) is 0 Å². The van der Waals surface area contributed by atoms with Crippen LogP contribution in [-0.2, 0) is 20.7 Å². The van der Waals surface area contributed by atoms with Crippen molar-refractivity contribution in [3.8, 4) is 5.75 Å². The van der Waals surface area contributed by atoms with Gasteiger partial charge in [0.15, 0.2) is 0 Å². The van der Waals surface area contributed by atoms with Gasteiger partial charge in [0, 0.05) is 12.5 Å². The molecule has 2 rings (SSSR count). The number of carbonyl (C=O) groups excluding carboxylic acids is 2. The molecule has 0 aliphatic carbocycles. The quantitative estimate of drug-likeness (QED) is 0.605. The third-order valence-corrected chi connectivity index (χ3v) is 3.61. The highest BCUT2D eigenvalue weighted by Crippen LogP contribution is 2.13. The van der Waals surface area contributed by atoms with E-state index in [1.165, 1.54) is 18.2 Å². The minimum Gasteiger partial charge on any atom is -0.508 e. The van der Waals surface area contributed by atoms with Gasteiger partial charge in [-0.3, -0.25) is 4.79 Å². The molecule has 2 aromatic carbocycles. The van der Waals surface area contributed by atoms with Crippen molar-refractivity contribution in [3.63, 3.8) is 0 Å². The lowest BCUT2D eigenvalue weighted by molar-refractivity contribution is -0.158. The molecule has 0 saturated carbocycles. The van der Waals surface area contributed by atoms with Crippen LogP contribution in [0.25, 0.3) is 6.08 Å². The Morgan fingerprint density at radius 2 is 1.70 bits per heavy atom. The molecule has 142 valence electrons. The van der Waals surface area contributed by atoms with Crippen molar-refractivity contribution in [2.45, 2.75) is 38.8 Å². The van der Waals surface area contributed by atoms with Crippen LogP contribution in [-0.4, -0.2) is 28.6 Å². The molecule has 0 bridgehead atoms. The first-order valence-electron chi connectivity index (χ1n) is 8.77. The summed E-state index contributed by atoms with van der Waals surface area (Å²) in [6, 6.07) is 15.1. The summed E-state index contributed by atoms with van der Waals surface area (Å²) in [6.45, 7) is 5.37. The topological polar surface area (TPSA) is 75.6 Å². The molecule has 1 atom stereocenters. The van der Waals surface area contributed by atoms with Crippen LogP contribution in [0.4, 0.5) is 0 Å². The zero-order chi connectivity index (χ0) is 19.9. The summed E-state index contributed by atoms with van der Waals surface area (Å²) >= 11 is 0. The van der Waals surface area contributed by atoms with Crippen LogP contribution >= 0.6 is 0 Å². The average molecular weight is 367 g/mol. The third kappa shape index (κ3) is 7.36. The van der Waals surface area contributed by atoms with Crippen molar-refractivity contribution in [1.82, 2.24) is 5.32 Å². The standard InChI is InChI=1S/C22H25NO4/c1-22(2,3)27-21(26)19(15-17-7-5-4-6-8-17)23-20(25)14-11-16-9-12-18(24)13-10-16/h4-14,19,24H,15H2,1-3H3,(H,23,25)/b14-11+/t19-/m0/s1. The number of aromatic hydroxyl groups is 1. The van der Waals surface area contributed by atoms with Crippen molar-refractivity contribution < 1.29 is 19.4 Å². The Hall–Kier alpha value is -3.08. The first-order valence-corrected chi connectivity index (χ1v) is 8.77. The minimum absolute atomic E-state index is 0.157. The molecule has 27 heavy (non-hydrogen) atoms. The van der Waals surface area contributed by atoms with Gasteiger partial charge < -0.3 is 15.2 Å². The highest BCUT2D eigenvalue weighted by molar-refractivity contribution is 5.94. The summed E-state index contributed by atoms with van der Waals surface area (Å²) in [6.07, 6.45) is 3.31. The Bertz CT molecular complexity index is 789. The predicted octanol–water partition coefficient (Wildman–Crippen LogP) is 3.47. The van der Waals surface area contributed by atoms with Crippen LogP contribution in [0.5, 0.6) is 5.75 Å².